The van der Waals surface area contributed by atoms with Crippen LogP contribution in [0, 0.1) is 0 Å². The number of pyridine rings is 1. The molecule has 4 aromatic rings. The molecule has 0 amide bonds. The van der Waals surface area contributed by atoms with Crippen LogP contribution in [0.5, 0.6) is 34.5 Å². The van der Waals surface area contributed by atoms with Gasteiger partial charge in [0.05, 0.1) is 48.4 Å². The van der Waals surface area contributed by atoms with Crippen LogP contribution in [0.15, 0.2) is 91.2 Å². The maximum absolute atomic E-state index is 13.4. The first-order valence-corrected chi connectivity index (χ1v) is 18.4. The third-order valence-electron chi connectivity index (χ3n) is 10.0. The molecule has 1 saturated heterocycles. The number of carbonyl (C=O) groups excluding carboxylic acids is 4. The maximum Gasteiger partial charge on any atom is 0.420 e. The second-order valence-electron chi connectivity index (χ2n) is 13.4. The first kappa shape index (κ1) is 41.1. The summed E-state index contributed by atoms with van der Waals surface area (Å²) in [7, 11) is 9.07. The number of carbonyl (C=O) groups is 4. The lowest BCUT2D eigenvalue weighted by Crippen LogP contribution is -2.80. The highest BCUT2D eigenvalue weighted by Gasteiger charge is 2.74. The molecular weight excluding hydrogens is 782 g/mol. The summed E-state index contributed by atoms with van der Waals surface area (Å²) in [5, 5.41) is 0. The zero-order valence-corrected chi connectivity index (χ0v) is 33.5. The van der Waals surface area contributed by atoms with E-state index in [-0.39, 0.29) is 26.2 Å². The third-order valence-corrected chi connectivity index (χ3v) is 10.0. The zero-order chi connectivity index (χ0) is 42.6. The van der Waals surface area contributed by atoms with Crippen molar-refractivity contribution in [3.8, 4) is 56.9 Å². The quantitative estimate of drug-likeness (QED) is 0.183. The summed E-state index contributed by atoms with van der Waals surface area (Å²) in [6.07, 6.45) is 5.06. The summed E-state index contributed by atoms with van der Waals surface area (Å²) >= 11 is 0. The van der Waals surface area contributed by atoms with E-state index in [9.17, 15) is 19.2 Å². The summed E-state index contributed by atoms with van der Waals surface area (Å²) in [5.74, 6) is -6.86. The number of benzene rings is 3. The molecule has 7 rings (SSSR count). The Kier molecular flexibility index (Phi) is 11.6. The summed E-state index contributed by atoms with van der Waals surface area (Å²) in [6, 6.07) is 17.9. The van der Waals surface area contributed by atoms with E-state index < -0.39 is 35.7 Å². The van der Waals surface area contributed by atoms with E-state index in [4.69, 9.17) is 47.4 Å². The number of methoxy groups -OCH3 is 6. The molecule has 0 saturated carbocycles. The van der Waals surface area contributed by atoms with Gasteiger partial charge in [-0.05, 0) is 58.7 Å². The highest BCUT2D eigenvalue weighted by Crippen LogP contribution is 2.47. The van der Waals surface area contributed by atoms with Crippen LogP contribution < -0.4 is 28.4 Å². The number of aromatic nitrogens is 1. The van der Waals surface area contributed by atoms with Crippen LogP contribution in [0.4, 0.5) is 0 Å². The van der Waals surface area contributed by atoms with Gasteiger partial charge in [0, 0.05) is 62.2 Å². The van der Waals surface area contributed by atoms with Gasteiger partial charge in [0.25, 0.3) is 0 Å². The van der Waals surface area contributed by atoms with Gasteiger partial charge in [-0.1, -0.05) is 24.3 Å². The summed E-state index contributed by atoms with van der Waals surface area (Å²) in [5.41, 5.74) is 3.93. The highest BCUT2D eigenvalue weighted by molar-refractivity contribution is 5.95. The number of nitrogens with zero attached hydrogens (tertiary/aromatic N) is 3. The molecule has 0 aliphatic carbocycles. The predicted octanol–water partition coefficient (Wildman–Crippen LogP) is 4.41. The smallest absolute Gasteiger partial charge is 0.420 e. The molecule has 1 fully saturated rings. The Morgan fingerprint density at radius 3 is 1.30 bits per heavy atom. The monoisotopic (exact) mass is 823 g/mol. The van der Waals surface area contributed by atoms with Crippen LogP contribution in [0.2, 0.25) is 0 Å². The summed E-state index contributed by atoms with van der Waals surface area (Å²) in [6.45, 7) is -0.0582. The molecule has 17 nitrogen and oxygen atoms in total. The highest BCUT2D eigenvalue weighted by atomic mass is 16.8. The largest absolute Gasteiger partial charge is 0.493 e. The van der Waals surface area contributed by atoms with Gasteiger partial charge in [0.15, 0.2) is 23.0 Å². The van der Waals surface area contributed by atoms with Crippen molar-refractivity contribution in [1.82, 2.24) is 14.8 Å². The Morgan fingerprint density at radius 1 is 0.500 bits per heavy atom. The minimum absolute atomic E-state index is 0.0379. The SMILES string of the molecule is COc1cc(-c2ccc(CN3CCN(Cc4ccnc(-c5cc(OC)c(OC)c(OC)c5)c4)C4(OC(=O)C=CC(=O)O4)C34OC(=O)C=CC(=O)O4)cc2)cc(OC)c1OC. The fraction of sp³-hybridized carbons (Fsp3) is 0.279. The number of piperazine rings is 1. The van der Waals surface area contributed by atoms with E-state index in [0.29, 0.717) is 56.9 Å². The van der Waals surface area contributed by atoms with E-state index in [1.165, 1.54) is 52.5 Å². The summed E-state index contributed by atoms with van der Waals surface area (Å²) in [4.78, 5) is 61.1. The normalized spacial score (nSPS) is 17.2. The second-order valence-corrected chi connectivity index (χ2v) is 13.4. The Balaban J connectivity index is 1.28. The van der Waals surface area contributed by atoms with Crippen LogP contribution in [0.3, 0.4) is 0 Å². The lowest BCUT2D eigenvalue weighted by molar-refractivity contribution is -0.465. The van der Waals surface area contributed by atoms with Gasteiger partial charge in [0.1, 0.15) is 0 Å². The van der Waals surface area contributed by atoms with E-state index in [1.807, 2.05) is 36.4 Å². The van der Waals surface area contributed by atoms with Crippen molar-refractivity contribution in [2.75, 3.05) is 55.7 Å². The first-order valence-electron chi connectivity index (χ1n) is 18.4. The minimum atomic E-state index is -2.67. The lowest BCUT2D eigenvalue weighted by Gasteiger charge is -2.55. The molecule has 0 N–H and O–H groups in total. The topological polar surface area (TPSA) is 180 Å². The Hall–Kier alpha value is -7.11. The molecule has 3 aromatic carbocycles. The van der Waals surface area contributed by atoms with Crippen molar-refractivity contribution in [1.29, 1.82) is 0 Å². The van der Waals surface area contributed by atoms with Crippen LogP contribution in [0.1, 0.15) is 11.1 Å². The van der Waals surface area contributed by atoms with Gasteiger partial charge >= 0.3 is 35.7 Å². The average Bonchev–Trinajstić information content (AvgIpc) is 3.52. The number of rotatable bonds is 12. The van der Waals surface area contributed by atoms with Crippen LogP contribution in [-0.2, 0) is 51.2 Å². The van der Waals surface area contributed by atoms with Crippen molar-refractivity contribution >= 4 is 23.9 Å². The Labute approximate surface area is 344 Å². The first-order chi connectivity index (χ1) is 29.0. The van der Waals surface area contributed by atoms with E-state index in [1.54, 1.807) is 30.5 Å². The molecule has 3 aliphatic heterocycles. The molecule has 0 atom stereocenters. The summed E-state index contributed by atoms with van der Waals surface area (Å²) < 4.78 is 57.0. The second kappa shape index (κ2) is 17.0. The molecule has 0 bridgehead atoms. The lowest BCUT2D eigenvalue weighted by atomic mass is 10.0. The van der Waals surface area contributed by atoms with Crippen LogP contribution in [-0.4, -0.2) is 106 Å². The van der Waals surface area contributed by atoms with E-state index in [0.717, 1.165) is 35.4 Å². The van der Waals surface area contributed by atoms with E-state index >= 15 is 0 Å². The molecule has 0 unspecified atom stereocenters. The van der Waals surface area contributed by atoms with Crippen molar-refractivity contribution < 1.29 is 66.5 Å². The number of ether oxygens (including phenoxy) is 10. The van der Waals surface area contributed by atoms with Crippen molar-refractivity contribution in [2.24, 2.45) is 0 Å². The van der Waals surface area contributed by atoms with Crippen molar-refractivity contribution in [3.05, 3.63) is 102 Å². The molecule has 0 radical (unpaired) electrons. The fourth-order valence-corrected chi connectivity index (χ4v) is 7.26. The third kappa shape index (κ3) is 7.62. The van der Waals surface area contributed by atoms with Crippen molar-refractivity contribution in [3.63, 3.8) is 0 Å². The fourth-order valence-electron chi connectivity index (χ4n) is 7.26. The van der Waals surface area contributed by atoms with Gasteiger partial charge in [-0.15, -0.1) is 0 Å². The Bertz CT molecular complexity index is 2290. The molecular formula is C43H41N3O14. The molecule has 1 aromatic heterocycles. The maximum atomic E-state index is 13.4. The van der Waals surface area contributed by atoms with Gasteiger partial charge in [-0.3, -0.25) is 4.98 Å². The van der Waals surface area contributed by atoms with Gasteiger partial charge in [-0.25, -0.2) is 29.0 Å². The standard InChI is InChI=1S/C43H41N3O14/c1-51-32-20-29(21-33(52-2)40(32)55-5)28-9-7-26(8-10-28)24-45-17-18-46(25-27-15-16-44-31(19-27)30-22-34(53-3)41(56-6)35(23-30)54-4)43(59-38(49)13-14-39(50)60-43)42(45)57-36(47)11-12-37(48)58-42/h7-16,19-23H,17-18,24-25H2,1-6H3. The number of hydrogen-bond acceptors (Lipinski definition) is 17. The number of esters is 4. The molecule has 17 heteroatoms. The molecule has 2 spiro atoms. The molecule has 60 heavy (non-hydrogen) atoms. The average molecular weight is 824 g/mol. The predicted molar refractivity (Wildman–Crippen MR) is 210 cm³/mol. The van der Waals surface area contributed by atoms with Crippen LogP contribution in [0.25, 0.3) is 22.4 Å². The minimum Gasteiger partial charge on any atom is -0.493 e. The van der Waals surface area contributed by atoms with Gasteiger partial charge in [0.2, 0.25) is 11.5 Å². The van der Waals surface area contributed by atoms with Gasteiger partial charge < -0.3 is 47.4 Å². The van der Waals surface area contributed by atoms with Gasteiger partial charge in [-0.2, -0.15) is 0 Å². The number of fused-ring (bicyclic) bond motifs is 1. The molecule has 4 heterocycles. The Morgan fingerprint density at radius 2 is 0.900 bits per heavy atom. The van der Waals surface area contributed by atoms with Crippen molar-refractivity contribution in [2.45, 2.75) is 24.9 Å². The van der Waals surface area contributed by atoms with Crippen LogP contribution >= 0.6 is 0 Å². The zero-order valence-electron chi connectivity index (χ0n) is 33.5. The number of hydrogen-bond donors (Lipinski definition) is 0. The van der Waals surface area contributed by atoms with E-state index in [2.05, 4.69) is 4.98 Å². The molecule has 312 valence electrons. The molecule has 3 aliphatic rings.